The minimum atomic E-state index is 0.0950. The van der Waals surface area contributed by atoms with Crippen LogP contribution in [-0.2, 0) is 0 Å². The Bertz CT molecular complexity index is 327. The molecular formula is C10H10O2. The highest BCUT2D eigenvalue weighted by molar-refractivity contribution is 5.78. The number of aromatic hydroxyl groups is 1. The molecule has 1 aromatic rings. The Labute approximate surface area is 71.2 Å². The summed E-state index contributed by atoms with van der Waals surface area (Å²) in [6.07, 6.45) is 0.701. The number of hydrogen-bond acceptors (Lipinski definition) is 2. The largest absolute Gasteiger partial charge is 0.508 e. The average molecular weight is 162 g/mol. The molecule has 0 atom stereocenters. The SMILES string of the molecule is C=C(C)c1cc(O)cc(C=O)c1. The molecule has 0 saturated carbocycles. The van der Waals surface area contributed by atoms with Gasteiger partial charge in [0.2, 0.25) is 0 Å². The summed E-state index contributed by atoms with van der Waals surface area (Å²) in [4.78, 5) is 10.4. The van der Waals surface area contributed by atoms with Gasteiger partial charge in [-0.2, -0.15) is 0 Å². The summed E-state index contributed by atoms with van der Waals surface area (Å²) in [7, 11) is 0. The van der Waals surface area contributed by atoms with Gasteiger partial charge in [-0.05, 0) is 30.7 Å². The van der Waals surface area contributed by atoms with Crippen molar-refractivity contribution in [1.82, 2.24) is 0 Å². The van der Waals surface area contributed by atoms with Crippen LogP contribution >= 0.6 is 0 Å². The Kier molecular flexibility index (Phi) is 2.29. The lowest BCUT2D eigenvalue weighted by Gasteiger charge is -2.01. The number of rotatable bonds is 2. The van der Waals surface area contributed by atoms with Gasteiger partial charge in [0.15, 0.2) is 0 Å². The third-order valence-corrected chi connectivity index (χ3v) is 1.57. The predicted molar refractivity (Wildman–Crippen MR) is 48.2 cm³/mol. The van der Waals surface area contributed by atoms with E-state index in [0.29, 0.717) is 11.8 Å². The second-order valence-corrected chi connectivity index (χ2v) is 2.71. The van der Waals surface area contributed by atoms with Gasteiger partial charge in [-0.1, -0.05) is 12.2 Å². The zero-order valence-corrected chi connectivity index (χ0v) is 6.87. The Morgan fingerprint density at radius 3 is 2.67 bits per heavy atom. The molecule has 0 aliphatic rings. The molecule has 0 radical (unpaired) electrons. The van der Waals surface area contributed by atoms with Crippen LogP contribution < -0.4 is 0 Å². The van der Waals surface area contributed by atoms with E-state index in [2.05, 4.69) is 6.58 Å². The van der Waals surface area contributed by atoms with Crippen LogP contribution in [0, 0.1) is 0 Å². The highest BCUT2D eigenvalue weighted by Gasteiger charge is 1.99. The second kappa shape index (κ2) is 3.22. The Hall–Kier alpha value is -1.57. The molecule has 12 heavy (non-hydrogen) atoms. The van der Waals surface area contributed by atoms with Crippen molar-refractivity contribution in [2.24, 2.45) is 0 Å². The van der Waals surface area contributed by atoms with Crippen LogP contribution in [-0.4, -0.2) is 11.4 Å². The van der Waals surface area contributed by atoms with E-state index in [1.807, 2.05) is 6.92 Å². The molecule has 0 saturated heterocycles. The highest BCUT2D eigenvalue weighted by Crippen LogP contribution is 2.19. The third-order valence-electron chi connectivity index (χ3n) is 1.57. The molecule has 2 nitrogen and oxygen atoms in total. The molecule has 0 heterocycles. The third kappa shape index (κ3) is 1.72. The number of phenolic OH excluding ortho intramolecular Hbond substituents is 1. The van der Waals surface area contributed by atoms with Gasteiger partial charge < -0.3 is 5.11 Å². The lowest BCUT2D eigenvalue weighted by atomic mass is 10.1. The molecule has 0 bridgehead atoms. The zero-order chi connectivity index (χ0) is 9.14. The van der Waals surface area contributed by atoms with Crippen molar-refractivity contribution in [3.05, 3.63) is 35.9 Å². The van der Waals surface area contributed by atoms with Gasteiger partial charge in [-0.15, -0.1) is 0 Å². The molecule has 0 unspecified atom stereocenters. The van der Waals surface area contributed by atoms with Gasteiger partial charge in [-0.25, -0.2) is 0 Å². The van der Waals surface area contributed by atoms with Gasteiger partial charge in [0.05, 0.1) is 0 Å². The summed E-state index contributed by atoms with van der Waals surface area (Å²) in [5.41, 5.74) is 2.08. The van der Waals surface area contributed by atoms with E-state index in [0.717, 1.165) is 11.1 Å². The van der Waals surface area contributed by atoms with E-state index >= 15 is 0 Å². The van der Waals surface area contributed by atoms with Crippen LogP contribution in [0.25, 0.3) is 5.57 Å². The fraction of sp³-hybridized carbons (Fsp3) is 0.100. The summed E-state index contributed by atoms with van der Waals surface area (Å²) in [6, 6.07) is 4.68. The lowest BCUT2D eigenvalue weighted by Crippen LogP contribution is -1.83. The molecular weight excluding hydrogens is 152 g/mol. The predicted octanol–water partition coefficient (Wildman–Crippen LogP) is 2.24. The van der Waals surface area contributed by atoms with Crippen LogP contribution in [0.4, 0.5) is 0 Å². The van der Waals surface area contributed by atoms with Crippen LogP contribution in [0.5, 0.6) is 5.75 Å². The number of aldehydes is 1. The smallest absolute Gasteiger partial charge is 0.150 e. The van der Waals surface area contributed by atoms with Crippen molar-refractivity contribution in [2.45, 2.75) is 6.92 Å². The van der Waals surface area contributed by atoms with Gasteiger partial charge in [-0.3, -0.25) is 4.79 Å². The molecule has 0 spiro atoms. The number of allylic oxidation sites excluding steroid dienone is 1. The Morgan fingerprint density at radius 2 is 2.17 bits per heavy atom. The molecule has 2 heteroatoms. The maximum Gasteiger partial charge on any atom is 0.150 e. The van der Waals surface area contributed by atoms with Crippen molar-refractivity contribution in [3.63, 3.8) is 0 Å². The molecule has 0 aliphatic carbocycles. The second-order valence-electron chi connectivity index (χ2n) is 2.71. The fourth-order valence-electron chi connectivity index (χ4n) is 0.949. The first-order chi connectivity index (χ1) is 5.63. The first kappa shape index (κ1) is 8.53. The molecule has 0 amide bonds. The van der Waals surface area contributed by atoms with Gasteiger partial charge in [0.1, 0.15) is 12.0 Å². The summed E-state index contributed by atoms with van der Waals surface area (Å²) < 4.78 is 0. The van der Waals surface area contributed by atoms with Gasteiger partial charge in [0, 0.05) is 5.56 Å². The number of phenols is 1. The molecule has 1 aromatic carbocycles. The highest BCUT2D eigenvalue weighted by atomic mass is 16.3. The molecule has 0 aromatic heterocycles. The maximum absolute atomic E-state index is 10.4. The van der Waals surface area contributed by atoms with E-state index < -0.39 is 0 Å². The maximum atomic E-state index is 10.4. The van der Waals surface area contributed by atoms with E-state index in [9.17, 15) is 9.90 Å². The first-order valence-electron chi connectivity index (χ1n) is 3.58. The normalized spacial score (nSPS) is 9.42. The van der Waals surface area contributed by atoms with Crippen molar-refractivity contribution in [1.29, 1.82) is 0 Å². The molecule has 0 aliphatic heterocycles. The molecule has 0 fully saturated rings. The number of carbonyl (C=O) groups is 1. The van der Waals surface area contributed by atoms with Crippen molar-refractivity contribution >= 4 is 11.9 Å². The number of carbonyl (C=O) groups excluding carboxylic acids is 1. The van der Waals surface area contributed by atoms with E-state index in [-0.39, 0.29) is 5.75 Å². The summed E-state index contributed by atoms with van der Waals surface area (Å²) in [6.45, 7) is 5.54. The Morgan fingerprint density at radius 1 is 1.50 bits per heavy atom. The average Bonchev–Trinajstić information content (AvgIpc) is 2.03. The van der Waals surface area contributed by atoms with Crippen LogP contribution in [0.1, 0.15) is 22.8 Å². The van der Waals surface area contributed by atoms with Crippen molar-refractivity contribution < 1.29 is 9.90 Å². The zero-order valence-electron chi connectivity index (χ0n) is 6.87. The van der Waals surface area contributed by atoms with Crippen molar-refractivity contribution in [3.8, 4) is 5.75 Å². The summed E-state index contributed by atoms with van der Waals surface area (Å²) >= 11 is 0. The minimum Gasteiger partial charge on any atom is -0.508 e. The van der Waals surface area contributed by atoms with E-state index in [1.165, 1.54) is 6.07 Å². The summed E-state index contributed by atoms with van der Waals surface area (Å²) in [5.74, 6) is 0.0950. The van der Waals surface area contributed by atoms with Crippen molar-refractivity contribution in [2.75, 3.05) is 0 Å². The van der Waals surface area contributed by atoms with Crippen LogP contribution in [0.2, 0.25) is 0 Å². The number of benzene rings is 1. The quantitative estimate of drug-likeness (QED) is 0.677. The number of hydrogen-bond donors (Lipinski definition) is 1. The summed E-state index contributed by atoms with van der Waals surface area (Å²) in [5, 5.41) is 9.17. The minimum absolute atomic E-state index is 0.0950. The van der Waals surface area contributed by atoms with E-state index in [1.54, 1.807) is 12.1 Å². The van der Waals surface area contributed by atoms with Gasteiger partial charge >= 0.3 is 0 Å². The molecule has 1 rings (SSSR count). The standard InChI is InChI=1S/C10H10O2/c1-7(2)9-3-8(6-11)4-10(12)5-9/h3-6,12H,1H2,2H3. The van der Waals surface area contributed by atoms with Crippen LogP contribution in [0.15, 0.2) is 24.8 Å². The van der Waals surface area contributed by atoms with E-state index in [4.69, 9.17) is 0 Å². The van der Waals surface area contributed by atoms with Gasteiger partial charge in [0.25, 0.3) is 0 Å². The van der Waals surface area contributed by atoms with Crippen LogP contribution in [0.3, 0.4) is 0 Å². The lowest BCUT2D eigenvalue weighted by molar-refractivity contribution is 0.112. The molecule has 62 valence electrons. The monoisotopic (exact) mass is 162 g/mol. The molecule has 1 N–H and O–H groups in total. The first-order valence-corrected chi connectivity index (χ1v) is 3.58. The topological polar surface area (TPSA) is 37.3 Å². The fourth-order valence-corrected chi connectivity index (χ4v) is 0.949. The Balaban J connectivity index is 3.23.